The number of fused-ring (bicyclic) bond motifs is 1. The highest BCUT2D eigenvalue weighted by Crippen LogP contribution is 2.46. The summed E-state index contributed by atoms with van der Waals surface area (Å²) in [5.74, 6) is 0.802. The minimum absolute atomic E-state index is 0.355. The Morgan fingerprint density at radius 1 is 1.43 bits per heavy atom. The minimum atomic E-state index is 0.355. The summed E-state index contributed by atoms with van der Waals surface area (Å²) >= 11 is 3.66. The fourth-order valence-electron chi connectivity index (χ4n) is 2.75. The van der Waals surface area contributed by atoms with E-state index in [1.807, 2.05) is 0 Å². The van der Waals surface area contributed by atoms with Crippen molar-refractivity contribution in [1.29, 1.82) is 0 Å². The summed E-state index contributed by atoms with van der Waals surface area (Å²) in [4.78, 5) is 0. The normalized spacial score (nSPS) is 23.6. The molecule has 0 saturated carbocycles. The predicted octanol–water partition coefficient (Wildman–Crippen LogP) is 4.31. The first-order chi connectivity index (χ1) is 6.57. The molecule has 0 fully saturated rings. The van der Waals surface area contributed by atoms with Crippen molar-refractivity contribution in [2.45, 2.75) is 39.0 Å². The lowest BCUT2D eigenvalue weighted by Gasteiger charge is -2.27. The van der Waals surface area contributed by atoms with Crippen molar-refractivity contribution in [3.05, 3.63) is 33.8 Å². The van der Waals surface area contributed by atoms with Gasteiger partial charge in [-0.15, -0.1) is 0 Å². The third-order valence-corrected chi connectivity index (χ3v) is 4.52. The summed E-state index contributed by atoms with van der Waals surface area (Å²) in [6.45, 7) is 7.05. The lowest BCUT2D eigenvalue weighted by atomic mass is 9.77. The largest absolute Gasteiger partial charge is 0.0651 e. The van der Waals surface area contributed by atoms with Gasteiger partial charge >= 0.3 is 0 Å². The molecule has 0 saturated heterocycles. The third kappa shape index (κ3) is 1.33. The van der Waals surface area contributed by atoms with Crippen molar-refractivity contribution < 1.29 is 0 Å². The van der Waals surface area contributed by atoms with Gasteiger partial charge in [0.1, 0.15) is 0 Å². The van der Waals surface area contributed by atoms with Crippen LogP contribution in [0.15, 0.2) is 22.7 Å². The van der Waals surface area contributed by atoms with Crippen LogP contribution in [0.4, 0.5) is 0 Å². The molecule has 2 rings (SSSR count). The average molecular weight is 253 g/mol. The van der Waals surface area contributed by atoms with Gasteiger partial charge in [0.15, 0.2) is 0 Å². The monoisotopic (exact) mass is 252 g/mol. The van der Waals surface area contributed by atoms with Crippen LogP contribution in [0.5, 0.6) is 0 Å². The number of benzene rings is 1. The van der Waals surface area contributed by atoms with E-state index < -0.39 is 0 Å². The SMILES string of the molecule is CC[C@@H]1Cc2c(Br)cccc2C1(C)C. The van der Waals surface area contributed by atoms with Gasteiger partial charge in [-0.05, 0) is 34.9 Å². The van der Waals surface area contributed by atoms with Crippen molar-refractivity contribution in [3.63, 3.8) is 0 Å². The summed E-state index contributed by atoms with van der Waals surface area (Å²) in [6, 6.07) is 6.60. The Labute approximate surface area is 94.8 Å². The van der Waals surface area contributed by atoms with E-state index >= 15 is 0 Å². The van der Waals surface area contributed by atoms with Gasteiger partial charge in [0.2, 0.25) is 0 Å². The Morgan fingerprint density at radius 3 is 2.71 bits per heavy atom. The highest BCUT2D eigenvalue weighted by molar-refractivity contribution is 9.10. The Hall–Kier alpha value is -0.300. The van der Waals surface area contributed by atoms with Crippen molar-refractivity contribution in [2.75, 3.05) is 0 Å². The van der Waals surface area contributed by atoms with Gasteiger partial charge < -0.3 is 0 Å². The van der Waals surface area contributed by atoms with Crippen LogP contribution < -0.4 is 0 Å². The fourth-order valence-corrected chi connectivity index (χ4v) is 3.27. The summed E-state index contributed by atoms with van der Waals surface area (Å²) in [5, 5.41) is 0. The first-order valence-corrected chi connectivity index (χ1v) is 6.14. The van der Waals surface area contributed by atoms with Crippen LogP contribution in [-0.4, -0.2) is 0 Å². The zero-order valence-corrected chi connectivity index (χ0v) is 10.7. The molecule has 76 valence electrons. The van der Waals surface area contributed by atoms with Gasteiger partial charge in [-0.3, -0.25) is 0 Å². The lowest BCUT2D eigenvalue weighted by molar-refractivity contribution is 0.339. The molecule has 1 atom stereocenters. The summed E-state index contributed by atoms with van der Waals surface area (Å²) in [7, 11) is 0. The van der Waals surface area contributed by atoms with E-state index in [2.05, 4.69) is 54.9 Å². The van der Waals surface area contributed by atoms with Crippen molar-refractivity contribution >= 4 is 15.9 Å². The minimum Gasteiger partial charge on any atom is -0.0651 e. The van der Waals surface area contributed by atoms with Gasteiger partial charge in [0, 0.05) is 4.47 Å². The molecular formula is C13H17Br. The van der Waals surface area contributed by atoms with E-state index in [-0.39, 0.29) is 0 Å². The van der Waals surface area contributed by atoms with E-state index in [9.17, 15) is 0 Å². The molecule has 0 unspecified atom stereocenters. The third-order valence-electron chi connectivity index (χ3n) is 3.78. The summed E-state index contributed by atoms with van der Waals surface area (Å²) in [6.07, 6.45) is 2.51. The van der Waals surface area contributed by atoms with E-state index in [1.165, 1.54) is 22.9 Å². The van der Waals surface area contributed by atoms with Gasteiger partial charge in [-0.25, -0.2) is 0 Å². The first-order valence-electron chi connectivity index (χ1n) is 5.35. The number of rotatable bonds is 1. The highest BCUT2D eigenvalue weighted by atomic mass is 79.9. The molecule has 0 heterocycles. The molecule has 0 aromatic heterocycles. The van der Waals surface area contributed by atoms with Crippen LogP contribution in [0.1, 0.15) is 38.3 Å². The molecule has 0 spiro atoms. The molecule has 1 aliphatic carbocycles. The van der Waals surface area contributed by atoms with Crippen molar-refractivity contribution in [1.82, 2.24) is 0 Å². The smallest absolute Gasteiger partial charge is 0.0210 e. The van der Waals surface area contributed by atoms with Crippen LogP contribution in [0, 0.1) is 5.92 Å². The first kappa shape index (κ1) is 10.2. The number of halogens is 1. The maximum absolute atomic E-state index is 3.66. The Morgan fingerprint density at radius 2 is 2.14 bits per heavy atom. The molecule has 0 nitrogen and oxygen atoms in total. The second-order valence-corrected chi connectivity index (χ2v) is 5.65. The molecule has 1 aromatic carbocycles. The van der Waals surface area contributed by atoms with Crippen LogP contribution >= 0.6 is 15.9 Å². The van der Waals surface area contributed by atoms with Crippen LogP contribution in [-0.2, 0) is 11.8 Å². The van der Waals surface area contributed by atoms with Crippen molar-refractivity contribution in [3.8, 4) is 0 Å². The second kappa shape index (κ2) is 3.37. The lowest BCUT2D eigenvalue weighted by Crippen LogP contribution is -2.23. The quantitative estimate of drug-likeness (QED) is 0.699. The average Bonchev–Trinajstić information content (AvgIpc) is 2.40. The van der Waals surface area contributed by atoms with Gasteiger partial charge in [-0.2, -0.15) is 0 Å². The van der Waals surface area contributed by atoms with E-state index in [1.54, 1.807) is 5.56 Å². The molecule has 1 heteroatoms. The Bertz CT molecular complexity index is 352. The molecule has 14 heavy (non-hydrogen) atoms. The molecule has 0 amide bonds. The standard InChI is InChI=1S/C13H17Br/c1-4-9-8-10-11(13(9,2)3)6-5-7-12(10)14/h5-7,9H,4,8H2,1-3H3/t9-/m1/s1. The maximum atomic E-state index is 3.66. The van der Waals surface area contributed by atoms with E-state index in [4.69, 9.17) is 0 Å². The zero-order valence-electron chi connectivity index (χ0n) is 9.10. The van der Waals surface area contributed by atoms with Crippen molar-refractivity contribution in [2.24, 2.45) is 5.92 Å². The second-order valence-electron chi connectivity index (χ2n) is 4.80. The topological polar surface area (TPSA) is 0 Å². The number of hydrogen-bond acceptors (Lipinski definition) is 0. The van der Waals surface area contributed by atoms with E-state index in [0.29, 0.717) is 5.41 Å². The fraction of sp³-hybridized carbons (Fsp3) is 0.538. The van der Waals surface area contributed by atoms with Crippen LogP contribution in [0.2, 0.25) is 0 Å². The Balaban J connectivity index is 2.54. The molecule has 0 N–H and O–H groups in total. The van der Waals surface area contributed by atoms with Gasteiger partial charge in [-0.1, -0.05) is 55.3 Å². The molecular weight excluding hydrogens is 236 g/mol. The maximum Gasteiger partial charge on any atom is 0.0210 e. The Kier molecular flexibility index (Phi) is 2.46. The molecule has 1 aliphatic rings. The van der Waals surface area contributed by atoms with Crippen LogP contribution in [0.25, 0.3) is 0 Å². The molecule has 1 aromatic rings. The molecule has 0 aliphatic heterocycles. The predicted molar refractivity (Wildman–Crippen MR) is 64.7 cm³/mol. The molecule has 0 bridgehead atoms. The zero-order chi connectivity index (χ0) is 10.3. The van der Waals surface area contributed by atoms with Gasteiger partial charge in [0.25, 0.3) is 0 Å². The molecule has 0 radical (unpaired) electrons. The van der Waals surface area contributed by atoms with Gasteiger partial charge in [0.05, 0.1) is 0 Å². The van der Waals surface area contributed by atoms with Crippen LogP contribution in [0.3, 0.4) is 0 Å². The van der Waals surface area contributed by atoms with E-state index in [0.717, 1.165) is 5.92 Å². The number of hydrogen-bond donors (Lipinski definition) is 0. The summed E-state index contributed by atoms with van der Waals surface area (Å²) in [5.41, 5.74) is 3.43. The summed E-state index contributed by atoms with van der Waals surface area (Å²) < 4.78 is 1.29. The highest BCUT2D eigenvalue weighted by Gasteiger charge is 2.38.